The number of rotatable bonds is 3. The molecule has 2 nitrogen and oxygen atoms in total. The number of aromatic amines is 1. The average Bonchev–Trinajstić information content (AvgIpc) is 3.53. The highest BCUT2D eigenvalue weighted by Gasteiger charge is 2.46. The highest BCUT2D eigenvalue weighted by Crippen LogP contribution is 2.57. The van der Waals surface area contributed by atoms with E-state index in [1.165, 1.54) is 55.4 Å². The van der Waals surface area contributed by atoms with Crippen molar-refractivity contribution < 1.29 is 0 Å². The topological polar surface area (TPSA) is 20.7 Å². The number of halogens is 2. The predicted octanol–water partition coefficient (Wildman–Crippen LogP) is 9.56. The van der Waals surface area contributed by atoms with Crippen molar-refractivity contribution in [3.05, 3.63) is 141 Å². The SMILES string of the molecule is Cc1c([C@H]2[C@H](c3ccc(Cl)cc3)[C@@H](c3ccc(Cl)cc3)c3c(C)c4ccccc4n32)[nH]c2ccccc12. The number of H-pyrrole nitrogens is 1. The van der Waals surface area contributed by atoms with E-state index < -0.39 is 0 Å². The molecule has 6 aromatic rings. The van der Waals surface area contributed by atoms with Gasteiger partial charge < -0.3 is 9.55 Å². The smallest absolute Gasteiger partial charge is 0.0819 e. The van der Waals surface area contributed by atoms with E-state index in [0.29, 0.717) is 0 Å². The second-order valence-corrected chi connectivity index (χ2v) is 11.0. The molecule has 37 heavy (non-hydrogen) atoms. The van der Waals surface area contributed by atoms with Crippen LogP contribution in [0.5, 0.6) is 0 Å². The van der Waals surface area contributed by atoms with Gasteiger partial charge in [0.05, 0.1) is 6.04 Å². The molecular weight excluding hydrogens is 495 g/mol. The lowest BCUT2D eigenvalue weighted by atomic mass is 9.76. The zero-order valence-electron chi connectivity index (χ0n) is 20.7. The van der Waals surface area contributed by atoms with E-state index in [1.807, 2.05) is 24.3 Å². The van der Waals surface area contributed by atoms with Gasteiger partial charge in [-0.25, -0.2) is 0 Å². The second-order valence-electron chi connectivity index (χ2n) is 10.2. The Hall–Kier alpha value is -3.46. The third-order valence-corrected chi connectivity index (χ3v) is 8.77. The maximum Gasteiger partial charge on any atom is 0.0819 e. The van der Waals surface area contributed by atoms with E-state index in [0.717, 1.165) is 10.0 Å². The van der Waals surface area contributed by atoms with E-state index in [1.54, 1.807) is 0 Å². The first-order valence-corrected chi connectivity index (χ1v) is 13.5. The van der Waals surface area contributed by atoms with E-state index >= 15 is 0 Å². The second kappa shape index (κ2) is 8.55. The van der Waals surface area contributed by atoms with E-state index in [9.17, 15) is 0 Å². The van der Waals surface area contributed by atoms with Crippen molar-refractivity contribution >= 4 is 45.0 Å². The summed E-state index contributed by atoms with van der Waals surface area (Å²) in [6, 6.07) is 34.4. The molecule has 1 aliphatic heterocycles. The molecule has 0 unspecified atom stereocenters. The Bertz CT molecular complexity index is 1770. The molecule has 3 atom stereocenters. The summed E-state index contributed by atoms with van der Waals surface area (Å²) < 4.78 is 2.60. The van der Waals surface area contributed by atoms with Crippen LogP contribution in [0, 0.1) is 13.8 Å². The molecule has 0 saturated heterocycles. The van der Waals surface area contributed by atoms with Crippen molar-refractivity contribution in [2.75, 3.05) is 0 Å². The lowest BCUT2D eigenvalue weighted by Crippen LogP contribution is -2.17. The summed E-state index contributed by atoms with van der Waals surface area (Å²) in [6.45, 7) is 4.53. The lowest BCUT2D eigenvalue weighted by molar-refractivity contribution is 0.520. The summed E-state index contributed by atoms with van der Waals surface area (Å²) in [5.41, 5.74) is 10.3. The minimum Gasteiger partial charge on any atom is -0.356 e. The van der Waals surface area contributed by atoms with Gasteiger partial charge in [-0.3, -0.25) is 0 Å². The first-order valence-electron chi connectivity index (χ1n) is 12.7. The lowest BCUT2D eigenvalue weighted by Gasteiger charge is -2.27. The fraction of sp³-hybridized carbons (Fsp3) is 0.152. The predicted molar refractivity (Wildman–Crippen MR) is 155 cm³/mol. The number of para-hydroxylation sites is 2. The van der Waals surface area contributed by atoms with Crippen molar-refractivity contribution in [3.8, 4) is 0 Å². The molecule has 4 aromatic carbocycles. The van der Waals surface area contributed by atoms with Gasteiger partial charge in [-0.1, -0.05) is 83.9 Å². The van der Waals surface area contributed by atoms with Crippen LogP contribution < -0.4 is 0 Å². The molecule has 4 heteroatoms. The van der Waals surface area contributed by atoms with E-state index in [4.69, 9.17) is 23.2 Å². The van der Waals surface area contributed by atoms with Crippen LogP contribution >= 0.6 is 23.2 Å². The fourth-order valence-electron chi connectivity index (χ4n) is 6.65. The molecule has 0 aliphatic carbocycles. The third kappa shape index (κ3) is 3.40. The van der Waals surface area contributed by atoms with Gasteiger partial charge in [0.1, 0.15) is 0 Å². The van der Waals surface area contributed by atoms with Crippen LogP contribution in [0.1, 0.15) is 51.5 Å². The van der Waals surface area contributed by atoms with Gasteiger partial charge in [0.25, 0.3) is 0 Å². The highest BCUT2D eigenvalue weighted by atomic mass is 35.5. The Kier molecular flexibility index (Phi) is 5.25. The largest absolute Gasteiger partial charge is 0.356 e. The molecular formula is C33H26Cl2N2. The van der Waals surface area contributed by atoms with Crippen molar-refractivity contribution in [1.82, 2.24) is 9.55 Å². The van der Waals surface area contributed by atoms with Crippen LogP contribution in [-0.4, -0.2) is 9.55 Å². The summed E-state index contributed by atoms with van der Waals surface area (Å²) in [7, 11) is 0. The zero-order valence-corrected chi connectivity index (χ0v) is 22.2. The maximum absolute atomic E-state index is 6.37. The minimum absolute atomic E-state index is 0.0860. The van der Waals surface area contributed by atoms with Gasteiger partial charge >= 0.3 is 0 Å². The minimum atomic E-state index is 0.0860. The van der Waals surface area contributed by atoms with Crippen molar-refractivity contribution in [2.24, 2.45) is 0 Å². The number of aromatic nitrogens is 2. The van der Waals surface area contributed by atoms with Crippen LogP contribution in [0.3, 0.4) is 0 Å². The van der Waals surface area contributed by atoms with Crippen LogP contribution in [0.25, 0.3) is 21.8 Å². The number of fused-ring (bicyclic) bond motifs is 4. The van der Waals surface area contributed by atoms with E-state index in [-0.39, 0.29) is 17.9 Å². The highest BCUT2D eigenvalue weighted by molar-refractivity contribution is 6.30. The molecule has 0 bridgehead atoms. The molecule has 0 radical (unpaired) electrons. The summed E-state index contributed by atoms with van der Waals surface area (Å²) in [6.07, 6.45) is 0. The Morgan fingerprint density at radius 3 is 1.92 bits per heavy atom. The molecule has 2 aromatic heterocycles. The number of hydrogen-bond donors (Lipinski definition) is 1. The number of aryl methyl sites for hydroxylation is 2. The standard InChI is InChI=1S/C33H26Cl2N2/c1-19-25-7-3-5-9-27(25)36-31(19)33-30(22-13-17-24(35)18-14-22)29(21-11-15-23(34)16-12-21)32-20(2)26-8-4-6-10-28(26)37(32)33/h3-18,29-30,33,36H,1-2H3/t29-,30-,33-/m1/s1. The first kappa shape index (κ1) is 22.7. The molecule has 0 fully saturated rings. The molecule has 0 saturated carbocycles. The van der Waals surface area contributed by atoms with Crippen molar-refractivity contribution in [1.29, 1.82) is 0 Å². The number of nitrogens with zero attached hydrogens (tertiary/aromatic N) is 1. The molecule has 0 spiro atoms. The van der Waals surface area contributed by atoms with Crippen molar-refractivity contribution in [2.45, 2.75) is 31.7 Å². The van der Waals surface area contributed by atoms with Crippen LogP contribution in [0.4, 0.5) is 0 Å². The third-order valence-electron chi connectivity index (χ3n) is 8.27. The Labute approximate surface area is 226 Å². The van der Waals surface area contributed by atoms with Gasteiger partial charge in [-0.05, 0) is 72.5 Å². The van der Waals surface area contributed by atoms with Crippen LogP contribution in [0.2, 0.25) is 10.0 Å². The summed E-state index contributed by atoms with van der Waals surface area (Å²) in [5, 5.41) is 4.09. The Balaban J connectivity index is 1.59. The molecule has 1 aliphatic rings. The normalized spacial score (nSPS) is 19.1. The monoisotopic (exact) mass is 520 g/mol. The number of hydrogen-bond acceptors (Lipinski definition) is 0. The molecule has 3 heterocycles. The van der Waals surface area contributed by atoms with Crippen molar-refractivity contribution in [3.63, 3.8) is 0 Å². The van der Waals surface area contributed by atoms with Gasteiger partial charge in [0, 0.05) is 55.1 Å². The van der Waals surface area contributed by atoms with Gasteiger partial charge in [0.15, 0.2) is 0 Å². The van der Waals surface area contributed by atoms with Gasteiger partial charge in [-0.2, -0.15) is 0 Å². The Morgan fingerprint density at radius 2 is 1.24 bits per heavy atom. The van der Waals surface area contributed by atoms with E-state index in [2.05, 4.69) is 96.2 Å². The Morgan fingerprint density at radius 1 is 0.649 bits per heavy atom. The van der Waals surface area contributed by atoms with Gasteiger partial charge in [-0.15, -0.1) is 0 Å². The summed E-state index contributed by atoms with van der Waals surface area (Å²) in [4.78, 5) is 3.84. The van der Waals surface area contributed by atoms with Crippen LogP contribution in [0.15, 0.2) is 97.1 Å². The molecule has 7 rings (SSSR count). The van der Waals surface area contributed by atoms with Crippen LogP contribution in [-0.2, 0) is 0 Å². The zero-order chi connectivity index (χ0) is 25.3. The number of benzene rings is 4. The molecule has 182 valence electrons. The van der Waals surface area contributed by atoms with Gasteiger partial charge in [0.2, 0.25) is 0 Å². The first-order chi connectivity index (χ1) is 18.0. The number of nitrogens with one attached hydrogen (secondary N) is 1. The summed E-state index contributed by atoms with van der Waals surface area (Å²) in [5.74, 6) is 0.324. The average molecular weight is 521 g/mol. The molecule has 0 amide bonds. The summed E-state index contributed by atoms with van der Waals surface area (Å²) >= 11 is 12.7. The fourth-order valence-corrected chi connectivity index (χ4v) is 6.90. The maximum atomic E-state index is 6.37. The molecule has 1 N–H and O–H groups in total. The quantitative estimate of drug-likeness (QED) is 0.239.